The molecule has 0 amide bonds. The second-order valence-electron chi connectivity index (χ2n) is 4.35. The van der Waals surface area contributed by atoms with E-state index in [1.54, 1.807) is 0 Å². The number of thiocarbonyl (C=S) groups is 1. The Bertz CT molecular complexity index is 375. The van der Waals surface area contributed by atoms with Crippen LogP contribution < -0.4 is 5.32 Å². The lowest BCUT2D eigenvalue weighted by molar-refractivity contribution is 0.245. The van der Waals surface area contributed by atoms with Crippen molar-refractivity contribution in [2.45, 2.75) is 25.4 Å². The summed E-state index contributed by atoms with van der Waals surface area (Å²) in [5, 5.41) is 4.09. The average Bonchev–Trinajstić information content (AvgIpc) is 2.43. The van der Waals surface area contributed by atoms with Gasteiger partial charge >= 0.3 is 0 Å². The summed E-state index contributed by atoms with van der Waals surface area (Å²) in [7, 11) is 2.01. The van der Waals surface area contributed by atoms with E-state index in [-0.39, 0.29) is 11.6 Å². The van der Waals surface area contributed by atoms with Crippen molar-refractivity contribution < 1.29 is 0 Å². The molecule has 2 heterocycles. The van der Waals surface area contributed by atoms with Gasteiger partial charge in [0, 0.05) is 13.2 Å². The molecular formula is C11H15N3S. The highest BCUT2D eigenvalue weighted by molar-refractivity contribution is 7.80. The zero-order valence-corrected chi connectivity index (χ0v) is 10.0. The fourth-order valence-electron chi connectivity index (χ4n) is 1.83. The Balaban J connectivity index is 2.36. The lowest BCUT2D eigenvalue weighted by atomic mass is 9.92. The largest absolute Gasteiger partial charge is 0.352 e. The Morgan fingerprint density at radius 1 is 1.47 bits per heavy atom. The Labute approximate surface area is 95.5 Å². The van der Waals surface area contributed by atoms with Crippen LogP contribution in [0.15, 0.2) is 24.4 Å². The van der Waals surface area contributed by atoms with E-state index in [4.69, 9.17) is 12.2 Å². The summed E-state index contributed by atoms with van der Waals surface area (Å²) < 4.78 is 0. The predicted octanol–water partition coefficient (Wildman–Crippen LogP) is 1.72. The Hall–Kier alpha value is -1.16. The number of nitrogens with one attached hydrogen (secondary N) is 1. The third kappa shape index (κ3) is 1.59. The molecule has 0 saturated carbocycles. The van der Waals surface area contributed by atoms with Crippen molar-refractivity contribution in [3.8, 4) is 0 Å². The summed E-state index contributed by atoms with van der Waals surface area (Å²) >= 11 is 5.25. The van der Waals surface area contributed by atoms with E-state index < -0.39 is 0 Å². The quantitative estimate of drug-likeness (QED) is 0.731. The minimum absolute atomic E-state index is 0.0363. The van der Waals surface area contributed by atoms with Crippen molar-refractivity contribution in [1.82, 2.24) is 15.2 Å². The second kappa shape index (κ2) is 3.45. The number of aromatic nitrogens is 1. The lowest BCUT2D eigenvalue weighted by Gasteiger charge is -2.31. The van der Waals surface area contributed by atoms with Crippen molar-refractivity contribution in [3.05, 3.63) is 30.1 Å². The number of rotatable bonds is 1. The van der Waals surface area contributed by atoms with Gasteiger partial charge in [-0.2, -0.15) is 0 Å². The summed E-state index contributed by atoms with van der Waals surface area (Å²) in [6.45, 7) is 4.33. The van der Waals surface area contributed by atoms with Crippen LogP contribution in [0.5, 0.6) is 0 Å². The molecule has 1 fully saturated rings. The minimum Gasteiger partial charge on any atom is -0.352 e. The second-order valence-corrected chi connectivity index (χ2v) is 4.74. The summed E-state index contributed by atoms with van der Waals surface area (Å²) in [5.74, 6) is 0. The average molecular weight is 221 g/mol. The summed E-state index contributed by atoms with van der Waals surface area (Å²) in [6.07, 6.45) is 1.81. The summed E-state index contributed by atoms with van der Waals surface area (Å²) in [5.41, 5.74) is 1.00. The molecule has 80 valence electrons. The molecule has 2 rings (SSSR count). The first-order chi connectivity index (χ1) is 7.03. The number of likely N-dealkylation sites (N-methyl/N-ethyl adjacent to an activating group) is 1. The maximum Gasteiger partial charge on any atom is 0.169 e. The normalized spacial score (nSPS) is 24.1. The smallest absolute Gasteiger partial charge is 0.169 e. The van der Waals surface area contributed by atoms with Gasteiger partial charge in [0.15, 0.2) is 5.11 Å². The minimum atomic E-state index is -0.0363. The van der Waals surface area contributed by atoms with E-state index >= 15 is 0 Å². The molecule has 0 bridgehead atoms. The van der Waals surface area contributed by atoms with Gasteiger partial charge in [0.25, 0.3) is 0 Å². The number of hydrogen-bond donors (Lipinski definition) is 1. The topological polar surface area (TPSA) is 28.2 Å². The number of pyridine rings is 1. The molecule has 1 aliphatic heterocycles. The highest BCUT2D eigenvalue weighted by atomic mass is 32.1. The van der Waals surface area contributed by atoms with Crippen molar-refractivity contribution in [2.75, 3.05) is 7.05 Å². The third-order valence-corrected chi connectivity index (χ3v) is 3.52. The molecule has 3 nitrogen and oxygen atoms in total. The van der Waals surface area contributed by atoms with E-state index in [0.29, 0.717) is 0 Å². The molecule has 1 aromatic rings. The first kappa shape index (κ1) is 10.4. The molecule has 1 saturated heterocycles. The molecule has 1 atom stereocenters. The molecule has 1 N–H and O–H groups in total. The van der Waals surface area contributed by atoms with E-state index in [1.807, 2.05) is 31.4 Å². The third-order valence-electron chi connectivity index (χ3n) is 3.13. The fourth-order valence-corrected chi connectivity index (χ4v) is 2.19. The maximum atomic E-state index is 5.25. The van der Waals surface area contributed by atoms with Crippen LogP contribution in [-0.2, 0) is 0 Å². The van der Waals surface area contributed by atoms with Gasteiger partial charge in [-0.3, -0.25) is 4.98 Å². The molecule has 15 heavy (non-hydrogen) atoms. The van der Waals surface area contributed by atoms with Crippen LogP contribution in [0.25, 0.3) is 0 Å². The lowest BCUT2D eigenvalue weighted by Crippen LogP contribution is -2.40. The molecule has 4 heteroatoms. The highest BCUT2D eigenvalue weighted by Gasteiger charge is 2.43. The first-order valence-corrected chi connectivity index (χ1v) is 5.39. The summed E-state index contributed by atoms with van der Waals surface area (Å²) in [4.78, 5) is 6.46. The standard InChI is InChI=1S/C11H15N3S/c1-11(2)9(13-10(15)14(11)3)8-6-4-5-7-12-8/h4-7,9H,1-3H3,(H,13,15)/t9-/m1/s1. The maximum absolute atomic E-state index is 5.25. The Morgan fingerprint density at radius 2 is 2.20 bits per heavy atom. The van der Waals surface area contributed by atoms with Gasteiger partial charge in [-0.05, 0) is 38.2 Å². The van der Waals surface area contributed by atoms with Crippen LogP contribution >= 0.6 is 12.2 Å². The molecule has 0 unspecified atom stereocenters. The van der Waals surface area contributed by atoms with E-state index in [2.05, 4.69) is 29.0 Å². The SMILES string of the molecule is CN1C(=S)N[C@H](c2ccccn2)C1(C)C. The number of hydrogen-bond acceptors (Lipinski definition) is 2. The van der Waals surface area contributed by atoms with Gasteiger partial charge in [-0.15, -0.1) is 0 Å². The zero-order chi connectivity index (χ0) is 11.1. The molecule has 0 spiro atoms. The predicted molar refractivity (Wildman–Crippen MR) is 64.6 cm³/mol. The zero-order valence-electron chi connectivity index (χ0n) is 9.19. The van der Waals surface area contributed by atoms with E-state index in [0.717, 1.165) is 10.8 Å². The van der Waals surface area contributed by atoms with Crippen LogP contribution in [-0.4, -0.2) is 27.6 Å². The number of nitrogens with zero attached hydrogens (tertiary/aromatic N) is 2. The fraction of sp³-hybridized carbons (Fsp3) is 0.455. The molecule has 1 aliphatic rings. The van der Waals surface area contributed by atoms with E-state index in [1.165, 1.54) is 0 Å². The molecule has 0 aliphatic carbocycles. The molecule has 0 radical (unpaired) electrons. The van der Waals surface area contributed by atoms with Gasteiger partial charge < -0.3 is 10.2 Å². The van der Waals surface area contributed by atoms with Crippen molar-refractivity contribution in [3.63, 3.8) is 0 Å². The Morgan fingerprint density at radius 3 is 2.67 bits per heavy atom. The van der Waals surface area contributed by atoms with Crippen molar-refractivity contribution in [2.24, 2.45) is 0 Å². The molecule has 1 aromatic heterocycles. The van der Waals surface area contributed by atoms with Gasteiger partial charge in [0.1, 0.15) is 0 Å². The monoisotopic (exact) mass is 221 g/mol. The van der Waals surface area contributed by atoms with Crippen LogP contribution in [0.1, 0.15) is 25.6 Å². The Kier molecular flexibility index (Phi) is 2.38. The van der Waals surface area contributed by atoms with Gasteiger partial charge in [-0.1, -0.05) is 6.07 Å². The van der Waals surface area contributed by atoms with Crippen LogP contribution in [0.3, 0.4) is 0 Å². The van der Waals surface area contributed by atoms with Gasteiger partial charge in [0.2, 0.25) is 0 Å². The van der Waals surface area contributed by atoms with Crippen LogP contribution in [0.4, 0.5) is 0 Å². The van der Waals surface area contributed by atoms with Gasteiger partial charge in [0.05, 0.1) is 17.3 Å². The van der Waals surface area contributed by atoms with Crippen molar-refractivity contribution in [1.29, 1.82) is 0 Å². The molecular weight excluding hydrogens is 206 g/mol. The van der Waals surface area contributed by atoms with Gasteiger partial charge in [-0.25, -0.2) is 0 Å². The highest BCUT2D eigenvalue weighted by Crippen LogP contribution is 2.34. The van der Waals surface area contributed by atoms with Crippen LogP contribution in [0, 0.1) is 0 Å². The van der Waals surface area contributed by atoms with Crippen molar-refractivity contribution >= 4 is 17.3 Å². The van der Waals surface area contributed by atoms with Crippen LogP contribution in [0.2, 0.25) is 0 Å². The first-order valence-electron chi connectivity index (χ1n) is 4.99. The summed E-state index contributed by atoms with van der Waals surface area (Å²) in [6, 6.07) is 6.12. The molecule has 0 aromatic carbocycles. The van der Waals surface area contributed by atoms with E-state index in [9.17, 15) is 0 Å².